The molecular weight excluding hydrogens is 361 g/mol. The van der Waals surface area contributed by atoms with E-state index in [2.05, 4.69) is 15.6 Å². The molecule has 0 aliphatic rings. The Labute approximate surface area is 157 Å². The van der Waals surface area contributed by atoms with Crippen molar-refractivity contribution >= 4 is 11.9 Å². The number of guanidine groups is 1. The van der Waals surface area contributed by atoms with E-state index in [1.165, 1.54) is 0 Å². The Balaban J connectivity index is 2.90. The Morgan fingerprint density at radius 3 is 2.48 bits per heavy atom. The number of carbonyl (C=O) groups is 1. The molecule has 9 heteroatoms. The second kappa shape index (κ2) is 9.48. The van der Waals surface area contributed by atoms with E-state index in [1.54, 1.807) is 39.0 Å². The number of aryl methyl sites for hydroxylation is 1. The van der Waals surface area contributed by atoms with Crippen LogP contribution in [0.4, 0.5) is 13.2 Å². The van der Waals surface area contributed by atoms with Crippen LogP contribution < -0.4 is 21.1 Å². The summed E-state index contributed by atoms with van der Waals surface area (Å²) in [5.41, 5.74) is 5.88. The summed E-state index contributed by atoms with van der Waals surface area (Å²) < 4.78 is 42.3. The molecule has 152 valence electrons. The topological polar surface area (TPSA) is 88.7 Å². The molecule has 0 saturated carbocycles. The highest BCUT2D eigenvalue weighted by Crippen LogP contribution is 2.24. The van der Waals surface area contributed by atoms with E-state index < -0.39 is 24.1 Å². The van der Waals surface area contributed by atoms with Crippen molar-refractivity contribution in [3.05, 3.63) is 29.3 Å². The van der Waals surface area contributed by atoms with Gasteiger partial charge in [-0.05, 0) is 39.3 Å². The molecule has 0 radical (unpaired) electrons. The quantitative estimate of drug-likeness (QED) is 0.472. The fourth-order valence-corrected chi connectivity index (χ4v) is 1.98. The average Bonchev–Trinajstić information content (AvgIpc) is 2.55. The molecule has 0 heterocycles. The number of alkyl halides is 3. The normalized spacial score (nSPS) is 12.6. The summed E-state index contributed by atoms with van der Waals surface area (Å²) in [7, 11) is 0. The van der Waals surface area contributed by atoms with Crippen LogP contribution in [0, 0.1) is 12.3 Å². The van der Waals surface area contributed by atoms with Gasteiger partial charge in [-0.3, -0.25) is 4.79 Å². The van der Waals surface area contributed by atoms with E-state index in [1.807, 2.05) is 6.92 Å². The number of ether oxygens (including phenoxy) is 1. The molecule has 0 fully saturated rings. The summed E-state index contributed by atoms with van der Waals surface area (Å²) in [5, 5.41) is 6.03. The fourth-order valence-electron chi connectivity index (χ4n) is 1.98. The van der Waals surface area contributed by atoms with Gasteiger partial charge in [-0.1, -0.05) is 12.1 Å². The number of hydrogen-bond acceptors (Lipinski definition) is 3. The van der Waals surface area contributed by atoms with Crippen molar-refractivity contribution in [1.82, 2.24) is 10.6 Å². The maximum absolute atomic E-state index is 12.5. The fraction of sp³-hybridized carbons (Fsp3) is 0.556. The van der Waals surface area contributed by atoms with Crippen molar-refractivity contribution in [3.63, 3.8) is 0 Å². The van der Waals surface area contributed by atoms with Gasteiger partial charge in [0.05, 0.1) is 12.0 Å². The zero-order valence-corrected chi connectivity index (χ0v) is 16.0. The molecule has 1 aromatic rings. The number of primary amides is 1. The Morgan fingerprint density at radius 2 is 1.93 bits per heavy atom. The predicted octanol–water partition coefficient (Wildman–Crippen LogP) is 2.50. The van der Waals surface area contributed by atoms with Crippen LogP contribution in [-0.4, -0.2) is 37.7 Å². The molecule has 0 unspecified atom stereocenters. The van der Waals surface area contributed by atoms with E-state index >= 15 is 0 Å². The van der Waals surface area contributed by atoms with Gasteiger partial charge >= 0.3 is 6.18 Å². The number of rotatable bonds is 8. The molecule has 1 rings (SSSR count). The predicted molar refractivity (Wildman–Crippen MR) is 98.5 cm³/mol. The van der Waals surface area contributed by atoms with Crippen LogP contribution in [0.3, 0.4) is 0 Å². The molecule has 0 atom stereocenters. The lowest BCUT2D eigenvalue weighted by Gasteiger charge is -2.22. The first-order chi connectivity index (χ1) is 12.4. The lowest BCUT2D eigenvalue weighted by Crippen LogP contribution is -2.46. The van der Waals surface area contributed by atoms with Crippen molar-refractivity contribution in [2.24, 2.45) is 16.1 Å². The van der Waals surface area contributed by atoms with Crippen LogP contribution in [0.5, 0.6) is 5.75 Å². The van der Waals surface area contributed by atoms with Crippen molar-refractivity contribution in [2.75, 3.05) is 19.7 Å². The first-order valence-electron chi connectivity index (χ1n) is 8.56. The van der Waals surface area contributed by atoms with Crippen LogP contribution in [0.25, 0.3) is 0 Å². The molecule has 27 heavy (non-hydrogen) atoms. The molecule has 0 saturated heterocycles. The number of carbonyl (C=O) groups excluding carboxylic acids is 1. The first-order valence-corrected chi connectivity index (χ1v) is 8.56. The molecule has 0 aliphatic heterocycles. The second-order valence-corrected chi connectivity index (χ2v) is 6.81. The number of nitrogens with one attached hydrogen (secondary N) is 2. The van der Waals surface area contributed by atoms with Crippen molar-refractivity contribution < 1.29 is 22.7 Å². The molecule has 6 nitrogen and oxygen atoms in total. The van der Waals surface area contributed by atoms with Crippen LogP contribution in [0.1, 0.15) is 31.9 Å². The summed E-state index contributed by atoms with van der Waals surface area (Å²) in [4.78, 5) is 15.8. The number of hydrogen-bond donors (Lipinski definition) is 3. The third-order valence-corrected chi connectivity index (χ3v) is 3.73. The van der Waals surface area contributed by atoms with Crippen molar-refractivity contribution in [2.45, 2.75) is 40.4 Å². The maximum atomic E-state index is 12.5. The van der Waals surface area contributed by atoms with Gasteiger partial charge in [0.25, 0.3) is 0 Å². The van der Waals surface area contributed by atoms with Gasteiger partial charge in [-0.25, -0.2) is 4.99 Å². The number of nitrogens with two attached hydrogens (primary N) is 1. The van der Waals surface area contributed by atoms with E-state index in [9.17, 15) is 18.0 Å². The van der Waals surface area contributed by atoms with Crippen LogP contribution in [0.2, 0.25) is 0 Å². The van der Waals surface area contributed by atoms with E-state index in [0.29, 0.717) is 18.1 Å². The zero-order valence-electron chi connectivity index (χ0n) is 16.0. The summed E-state index contributed by atoms with van der Waals surface area (Å²) in [6, 6.07) is 5.01. The SMILES string of the molecule is CCNC(=NCc1ccc(C)cc1OCC(F)(F)F)NCC(C)(C)C(N)=O. The minimum atomic E-state index is -4.42. The molecule has 0 aliphatic carbocycles. The van der Waals surface area contributed by atoms with Crippen LogP contribution in [0.15, 0.2) is 23.2 Å². The Bertz CT molecular complexity index is 673. The number of nitrogens with zero attached hydrogens (tertiary/aromatic N) is 1. The van der Waals surface area contributed by atoms with Gasteiger partial charge in [0.1, 0.15) is 5.75 Å². The summed E-state index contributed by atoms with van der Waals surface area (Å²) >= 11 is 0. The summed E-state index contributed by atoms with van der Waals surface area (Å²) in [6.07, 6.45) is -4.42. The summed E-state index contributed by atoms with van der Waals surface area (Å²) in [5.74, 6) is 0.116. The average molecular weight is 388 g/mol. The second-order valence-electron chi connectivity index (χ2n) is 6.81. The molecule has 4 N–H and O–H groups in total. The smallest absolute Gasteiger partial charge is 0.422 e. The van der Waals surface area contributed by atoms with E-state index in [-0.39, 0.29) is 18.8 Å². The van der Waals surface area contributed by atoms with Gasteiger partial charge in [0.15, 0.2) is 12.6 Å². The van der Waals surface area contributed by atoms with Crippen LogP contribution >= 0.6 is 0 Å². The molecule has 0 bridgehead atoms. The van der Waals surface area contributed by atoms with Crippen molar-refractivity contribution in [3.8, 4) is 5.75 Å². The standard InChI is InChI=1S/C18H27F3N4O2/c1-5-23-16(25-10-17(3,4)15(22)26)24-9-13-7-6-12(2)8-14(13)27-11-18(19,20)21/h6-8H,5,9-11H2,1-4H3,(H2,22,26)(H2,23,24,25). The highest BCUT2D eigenvalue weighted by Gasteiger charge is 2.29. The minimum absolute atomic E-state index is 0.111. The highest BCUT2D eigenvalue weighted by molar-refractivity contribution is 5.83. The van der Waals surface area contributed by atoms with Gasteiger partial charge in [0.2, 0.25) is 5.91 Å². The number of halogens is 3. The van der Waals surface area contributed by atoms with Crippen LogP contribution in [-0.2, 0) is 11.3 Å². The number of benzene rings is 1. The molecule has 1 amide bonds. The zero-order chi connectivity index (χ0) is 20.7. The highest BCUT2D eigenvalue weighted by atomic mass is 19.4. The monoisotopic (exact) mass is 388 g/mol. The first kappa shape index (κ1) is 22.6. The van der Waals surface area contributed by atoms with E-state index in [4.69, 9.17) is 10.5 Å². The van der Waals surface area contributed by atoms with Crippen molar-refractivity contribution in [1.29, 1.82) is 0 Å². The lowest BCUT2D eigenvalue weighted by atomic mass is 9.93. The van der Waals surface area contributed by atoms with Gasteiger partial charge in [0, 0.05) is 18.7 Å². The third kappa shape index (κ3) is 8.19. The lowest BCUT2D eigenvalue weighted by molar-refractivity contribution is -0.153. The molecule has 1 aromatic carbocycles. The maximum Gasteiger partial charge on any atom is 0.422 e. The molecule has 0 spiro atoms. The molecule has 0 aromatic heterocycles. The van der Waals surface area contributed by atoms with E-state index in [0.717, 1.165) is 5.56 Å². The Morgan fingerprint density at radius 1 is 1.26 bits per heavy atom. The Hall–Kier alpha value is -2.45. The van der Waals surface area contributed by atoms with Gasteiger partial charge in [-0.15, -0.1) is 0 Å². The van der Waals surface area contributed by atoms with Gasteiger partial charge < -0.3 is 21.1 Å². The molecular formula is C18H27F3N4O2. The third-order valence-electron chi connectivity index (χ3n) is 3.73. The summed E-state index contributed by atoms with van der Waals surface area (Å²) in [6.45, 7) is 6.64. The number of aliphatic imine (C=N–C) groups is 1. The minimum Gasteiger partial charge on any atom is -0.484 e. The number of amides is 1. The Kier molecular flexibility index (Phi) is 7.93. The largest absolute Gasteiger partial charge is 0.484 e. The van der Waals surface area contributed by atoms with Gasteiger partial charge in [-0.2, -0.15) is 13.2 Å².